The molecular formula is C20H21F2I2N3O2. The maximum Gasteiger partial charge on any atom is 0.278 e. The molecule has 0 aromatic heterocycles. The Labute approximate surface area is 196 Å². The summed E-state index contributed by atoms with van der Waals surface area (Å²) in [5.74, 6) is -1.21. The molecule has 5 nitrogen and oxygen atoms in total. The van der Waals surface area contributed by atoms with Gasteiger partial charge in [-0.05, 0) is 101 Å². The lowest BCUT2D eigenvalue weighted by Crippen LogP contribution is -2.20. The number of amides is 2. The van der Waals surface area contributed by atoms with Crippen molar-refractivity contribution in [2.24, 2.45) is 10.7 Å². The molecule has 0 fully saturated rings. The van der Waals surface area contributed by atoms with Gasteiger partial charge in [-0.2, -0.15) is 4.99 Å². The lowest BCUT2D eigenvalue weighted by atomic mass is 10.1. The monoisotopic (exact) mass is 627 g/mol. The molecule has 9 heteroatoms. The van der Waals surface area contributed by atoms with Gasteiger partial charge in [0.05, 0.1) is 0 Å². The standard InChI is InChI=1S/C12H14FIN2O.C8H7FINO/c1-7-10(13)5-9(6-11(7)14)12(17)15-8(2)16(3)4;1-4-6(9)2-5(8(11)12)3-7(4)10/h5-6H,1-4H3;2-3H,1H3,(H2,11,12). The van der Waals surface area contributed by atoms with E-state index < -0.39 is 17.6 Å². The molecule has 0 aliphatic rings. The van der Waals surface area contributed by atoms with Gasteiger partial charge < -0.3 is 10.6 Å². The Balaban J connectivity index is 0.000000308. The molecule has 2 N–H and O–H groups in total. The van der Waals surface area contributed by atoms with E-state index in [1.165, 1.54) is 6.07 Å². The fraction of sp³-hybridized carbons (Fsp3) is 0.250. The van der Waals surface area contributed by atoms with Gasteiger partial charge in [0.15, 0.2) is 0 Å². The maximum atomic E-state index is 13.5. The van der Waals surface area contributed by atoms with Gasteiger partial charge in [0.2, 0.25) is 5.91 Å². The van der Waals surface area contributed by atoms with Crippen molar-refractivity contribution in [3.8, 4) is 0 Å². The normalized spacial score (nSPS) is 10.9. The number of primary amides is 1. The molecule has 2 amide bonds. The van der Waals surface area contributed by atoms with Crippen LogP contribution in [-0.2, 0) is 0 Å². The number of benzene rings is 2. The van der Waals surface area contributed by atoms with Crippen LogP contribution in [0.5, 0.6) is 0 Å². The summed E-state index contributed by atoms with van der Waals surface area (Å²) in [6, 6.07) is 5.60. The van der Waals surface area contributed by atoms with E-state index >= 15 is 0 Å². The van der Waals surface area contributed by atoms with Crippen molar-refractivity contribution >= 4 is 62.8 Å². The highest BCUT2D eigenvalue weighted by Gasteiger charge is 2.11. The first kappa shape index (κ1) is 25.4. The number of rotatable bonds is 2. The van der Waals surface area contributed by atoms with E-state index in [9.17, 15) is 18.4 Å². The van der Waals surface area contributed by atoms with Crippen LogP contribution in [0.1, 0.15) is 38.8 Å². The summed E-state index contributed by atoms with van der Waals surface area (Å²) in [6.45, 7) is 5.06. The van der Waals surface area contributed by atoms with Crippen LogP contribution in [0.4, 0.5) is 8.78 Å². The van der Waals surface area contributed by atoms with Gasteiger partial charge in [-0.25, -0.2) is 8.78 Å². The van der Waals surface area contributed by atoms with Crippen molar-refractivity contribution in [3.05, 3.63) is 65.3 Å². The van der Waals surface area contributed by atoms with E-state index in [4.69, 9.17) is 5.73 Å². The summed E-state index contributed by atoms with van der Waals surface area (Å²) >= 11 is 3.97. The first-order valence-electron chi connectivity index (χ1n) is 8.33. The zero-order valence-corrected chi connectivity index (χ0v) is 20.9. The van der Waals surface area contributed by atoms with Gasteiger partial charge >= 0.3 is 0 Å². The van der Waals surface area contributed by atoms with Crippen molar-refractivity contribution in [1.82, 2.24) is 4.90 Å². The summed E-state index contributed by atoms with van der Waals surface area (Å²) in [6.07, 6.45) is 0. The van der Waals surface area contributed by atoms with Crippen molar-refractivity contribution in [1.29, 1.82) is 0 Å². The predicted octanol–water partition coefficient (Wildman–Crippen LogP) is 4.70. The average Bonchev–Trinajstić information content (AvgIpc) is 2.63. The van der Waals surface area contributed by atoms with E-state index in [0.717, 1.165) is 9.64 Å². The number of nitrogens with zero attached hydrogens (tertiary/aromatic N) is 2. The Morgan fingerprint density at radius 1 is 0.931 bits per heavy atom. The average molecular weight is 627 g/mol. The molecule has 0 saturated carbocycles. The largest absolute Gasteiger partial charge is 0.366 e. The predicted molar refractivity (Wildman–Crippen MR) is 127 cm³/mol. The van der Waals surface area contributed by atoms with Crippen LogP contribution in [0.15, 0.2) is 29.3 Å². The van der Waals surface area contributed by atoms with E-state index in [2.05, 4.69) is 4.99 Å². The van der Waals surface area contributed by atoms with Crippen LogP contribution in [-0.4, -0.2) is 36.6 Å². The van der Waals surface area contributed by atoms with Gasteiger partial charge in [0, 0.05) is 32.4 Å². The van der Waals surface area contributed by atoms with E-state index in [1.807, 2.05) is 45.2 Å². The zero-order valence-electron chi connectivity index (χ0n) is 16.6. The Bertz CT molecular complexity index is 930. The summed E-state index contributed by atoms with van der Waals surface area (Å²) in [7, 11) is 3.59. The van der Waals surface area contributed by atoms with Crippen LogP contribution >= 0.6 is 45.2 Å². The minimum atomic E-state index is -0.605. The summed E-state index contributed by atoms with van der Waals surface area (Å²) in [5, 5.41) is 0. The lowest BCUT2D eigenvalue weighted by Gasteiger charge is -2.10. The van der Waals surface area contributed by atoms with Gasteiger partial charge in [-0.3, -0.25) is 9.59 Å². The first-order valence-corrected chi connectivity index (χ1v) is 10.5. The van der Waals surface area contributed by atoms with Gasteiger partial charge in [0.25, 0.3) is 5.91 Å². The molecule has 29 heavy (non-hydrogen) atoms. The van der Waals surface area contributed by atoms with E-state index in [0.29, 0.717) is 20.5 Å². The molecule has 0 bridgehead atoms. The third kappa shape index (κ3) is 7.28. The van der Waals surface area contributed by atoms with Gasteiger partial charge in [-0.15, -0.1) is 0 Å². The topological polar surface area (TPSA) is 75.8 Å². The Morgan fingerprint density at radius 3 is 1.72 bits per heavy atom. The molecule has 0 radical (unpaired) electrons. The molecule has 0 unspecified atom stereocenters. The van der Waals surface area contributed by atoms with E-state index in [-0.39, 0.29) is 16.9 Å². The number of aliphatic imine (C=N–C) groups is 1. The maximum absolute atomic E-state index is 13.5. The molecule has 0 spiro atoms. The van der Waals surface area contributed by atoms with Crippen molar-refractivity contribution in [3.63, 3.8) is 0 Å². The second-order valence-corrected chi connectivity index (χ2v) is 8.68. The van der Waals surface area contributed by atoms with Crippen LogP contribution in [0, 0.1) is 32.6 Å². The number of halogens is 4. The molecule has 156 valence electrons. The quantitative estimate of drug-likeness (QED) is 0.298. The number of hydrogen-bond donors (Lipinski definition) is 1. The fourth-order valence-electron chi connectivity index (χ4n) is 1.87. The molecule has 2 aromatic rings. The second-order valence-electron chi connectivity index (χ2n) is 6.35. The fourth-order valence-corrected chi connectivity index (χ4v) is 3.05. The number of carbonyl (C=O) groups is 2. The lowest BCUT2D eigenvalue weighted by molar-refractivity contribution is 0.0992. The third-order valence-electron chi connectivity index (χ3n) is 4.00. The highest BCUT2D eigenvalue weighted by atomic mass is 127. The Hall–Kier alpha value is -1.63. The molecule has 2 rings (SSSR count). The van der Waals surface area contributed by atoms with Crippen molar-refractivity contribution < 1.29 is 18.4 Å². The van der Waals surface area contributed by atoms with Crippen LogP contribution in [0.3, 0.4) is 0 Å². The van der Waals surface area contributed by atoms with Gasteiger partial charge in [0.1, 0.15) is 17.5 Å². The molecule has 2 aromatic carbocycles. The van der Waals surface area contributed by atoms with Crippen LogP contribution in [0.2, 0.25) is 0 Å². The Kier molecular flexibility index (Phi) is 9.59. The summed E-state index contributed by atoms with van der Waals surface area (Å²) < 4.78 is 27.9. The molecule has 0 aliphatic carbocycles. The van der Waals surface area contributed by atoms with Crippen molar-refractivity contribution in [2.75, 3.05) is 14.1 Å². The molecule has 0 saturated heterocycles. The van der Waals surface area contributed by atoms with Crippen LogP contribution < -0.4 is 5.73 Å². The number of nitrogens with two attached hydrogens (primary N) is 1. The Morgan fingerprint density at radius 2 is 1.34 bits per heavy atom. The second kappa shape index (κ2) is 11.0. The minimum absolute atomic E-state index is 0.211. The zero-order chi connectivity index (χ0) is 22.5. The third-order valence-corrected chi connectivity index (χ3v) is 6.24. The molecular weight excluding hydrogens is 606 g/mol. The smallest absolute Gasteiger partial charge is 0.278 e. The summed E-state index contributed by atoms with van der Waals surface area (Å²) in [4.78, 5) is 28.1. The number of hydrogen-bond acceptors (Lipinski definition) is 2. The minimum Gasteiger partial charge on any atom is -0.366 e. The summed E-state index contributed by atoms with van der Waals surface area (Å²) in [5.41, 5.74) is 6.57. The van der Waals surface area contributed by atoms with Crippen molar-refractivity contribution in [2.45, 2.75) is 20.8 Å². The molecule has 0 heterocycles. The molecule has 0 atom stereocenters. The molecule has 0 aliphatic heterocycles. The number of carbonyl (C=O) groups excluding carboxylic acids is 2. The van der Waals surface area contributed by atoms with E-state index in [1.54, 1.807) is 51.9 Å². The highest BCUT2D eigenvalue weighted by Crippen LogP contribution is 2.18. The van der Waals surface area contributed by atoms with Gasteiger partial charge in [-0.1, -0.05) is 0 Å². The van der Waals surface area contributed by atoms with Crippen LogP contribution in [0.25, 0.3) is 0 Å². The number of amidine groups is 1. The SMILES string of the molecule is CC(=NC(=O)c1cc(F)c(C)c(I)c1)N(C)C.Cc1c(F)cc(C(N)=O)cc1I. The first-order chi connectivity index (χ1) is 13.3. The highest BCUT2D eigenvalue weighted by molar-refractivity contribution is 14.1.